The molecule has 0 N–H and O–H groups in total. The first-order valence-electron chi connectivity index (χ1n) is 6.11. The molecular weight excluding hydrogens is 241 g/mol. The Morgan fingerprint density at radius 2 is 2.18 bits per heavy atom. The summed E-state index contributed by atoms with van der Waals surface area (Å²) in [6, 6.07) is 1.79. The van der Waals surface area contributed by atoms with E-state index in [-0.39, 0.29) is 12.6 Å². The number of hydrogen-bond acceptors (Lipinski definition) is 3. The molecule has 1 saturated carbocycles. The van der Waals surface area contributed by atoms with Crippen molar-refractivity contribution in [3.63, 3.8) is 0 Å². The van der Waals surface area contributed by atoms with Crippen LogP contribution in [-0.2, 0) is 0 Å². The van der Waals surface area contributed by atoms with Gasteiger partial charge in [-0.15, -0.1) is 0 Å². The molecule has 2 fully saturated rings. The van der Waals surface area contributed by atoms with Crippen molar-refractivity contribution in [2.45, 2.75) is 25.2 Å². The first-order valence-corrected chi connectivity index (χ1v) is 6.49. The van der Waals surface area contributed by atoms with E-state index in [0.717, 1.165) is 44.0 Å². The van der Waals surface area contributed by atoms with Crippen LogP contribution in [0.3, 0.4) is 0 Å². The normalized spacial score (nSPS) is 24.4. The summed E-state index contributed by atoms with van der Waals surface area (Å²) in [5.41, 5.74) is 0. The van der Waals surface area contributed by atoms with Crippen LogP contribution >= 0.6 is 11.6 Å². The second kappa shape index (κ2) is 4.41. The van der Waals surface area contributed by atoms with E-state index in [0.29, 0.717) is 11.1 Å². The van der Waals surface area contributed by atoms with Gasteiger partial charge in [-0.1, -0.05) is 11.6 Å². The maximum absolute atomic E-state index is 12.6. The van der Waals surface area contributed by atoms with E-state index in [1.807, 2.05) is 0 Å². The van der Waals surface area contributed by atoms with Crippen molar-refractivity contribution in [2.24, 2.45) is 5.92 Å². The van der Waals surface area contributed by atoms with Gasteiger partial charge in [0.05, 0.1) is 6.67 Å². The fraction of sp³-hybridized carbons (Fsp3) is 0.667. The lowest BCUT2D eigenvalue weighted by Gasteiger charge is -2.17. The predicted molar refractivity (Wildman–Crippen MR) is 65.3 cm³/mol. The molecule has 1 saturated heterocycles. The lowest BCUT2D eigenvalue weighted by atomic mass is 10.1. The van der Waals surface area contributed by atoms with E-state index in [1.54, 1.807) is 6.07 Å². The molecule has 17 heavy (non-hydrogen) atoms. The third-order valence-corrected chi connectivity index (χ3v) is 3.66. The van der Waals surface area contributed by atoms with E-state index < -0.39 is 0 Å². The van der Waals surface area contributed by atoms with E-state index in [9.17, 15) is 4.39 Å². The molecular formula is C12H15ClFN3. The Morgan fingerprint density at radius 1 is 1.35 bits per heavy atom. The molecule has 1 aliphatic carbocycles. The van der Waals surface area contributed by atoms with Crippen molar-refractivity contribution in [1.29, 1.82) is 0 Å². The van der Waals surface area contributed by atoms with Crippen LogP contribution < -0.4 is 4.90 Å². The molecule has 1 aliphatic heterocycles. The van der Waals surface area contributed by atoms with Crippen molar-refractivity contribution < 1.29 is 4.39 Å². The van der Waals surface area contributed by atoms with Crippen molar-refractivity contribution in [3.05, 3.63) is 17.0 Å². The molecule has 0 bridgehead atoms. The van der Waals surface area contributed by atoms with Gasteiger partial charge in [-0.25, -0.2) is 9.97 Å². The highest BCUT2D eigenvalue weighted by atomic mass is 35.5. The second-order valence-corrected chi connectivity index (χ2v) is 5.32. The Hall–Kier alpha value is -0.900. The van der Waals surface area contributed by atoms with Gasteiger partial charge >= 0.3 is 0 Å². The fourth-order valence-corrected chi connectivity index (χ4v) is 2.46. The maximum atomic E-state index is 12.6. The van der Waals surface area contributed by atoms with Crippen LogP contribution in [0.15, 0.2) is 6.07 Å². The van der Waals surface area contributed by atoms with E-state index in [1.165, 1.54) is 0 Å². The predicted octanol–water partition coefficient (Wildman–Crippen LogP) is 2.80. The molecule has 0 amide bonds. The van der Waals surface area contributed by atoms with Gasteiger partial charge in [0.15, 0.2) is 0 Å². The molecule has 3 rings (SSSR count). The smallest absolute Gasteiger partial charge is 0.135 e. The highest BCUT2D eigenvalue weighted by molar-refractivity contribution is 6.29. The lowest BCUT2D eigenvalue weighted by Crippen LogP contribution is -2.22. The Kier molecular flexibility index (Phi) is 2.90. The van der Waals surface area contributed by atoms with Crippen LogP contribution in [0, 0.1) is 5.92 Å². The van der Waals surface area contributed by atoms with Gasteiger partial charge in [-0.2, -0.15) is 0 Å². The van der Waals surface area contributed by atoms with Gasteiger partial charge < -0.3 is 4.90 Å². The molecule has 0 radical (unpaired) electrons. The largest absolute Gasteiger partial charge is 0.356 e. The Labute approximate surface area is 105 Å². The summed E-state index contributed by atoms with van der Waals surface area (Å²) in [7, 11) is 0. The first kappa shape index (κ1) is 11.2. The SMILES string of the molecule is FCC1CCN(c2cc(Cl)nc(C3CC3)n2)C1. The molecule has 2 heterocycles. The molecule has 1 aromatic heterocycles. The summed E-state index contributed by atoms with van der Waals surface area (Å²) in [4.78, 5) is 10.9. The zero-order valence-electron chi connectivity index (χ0n) is 9.57. The third kappa shape index (κ3) is 2.37. The minimum absolute atomic E-state index is 0.146. The quantitative estimate of drug-likeness (QED) is 0.778. The highest BCUT2D eigenvalue weighted by Crippen LogP contribution is 2.39. The minimum Gasteiger partial charge on any atom is -0.356 e. The summed E-state index contributed by atoms with van der Waals surface area (Å²) >= 11 is 6.02. The molecule has 1 aromatic rings. The zero-order chi connectivity index (χ0) is 11.8. The average molecular weight is 256 g/mol. The molecule has 3 nitrogen and oxygen atoms in total. The molecule has 92 valence electrons. The fourth-order valence-electron chi connectivity index (χ4n) is 2.28. The maximum Gasteiger partial charge on any atom is 0.135 e. The second-order valence-electron chi connectivity index (χ2n) is 4.94. The van der Waals surface area contributed by atoms with Gasteiger partial charge in [0, 0.05) is 31.0 Å². The van der Waals surface area contributed by atoms with Crippen molar-refractivity contribution in [2.75, 3.05) is 24.7 Å². The van der Waals surface area contributed by atoms with Crippen LogP contribution in [0.1, 0.15) is 31.0 Å². The van der Waals surface area contributed by atoms with Gasteiger partial charge in [0.25, 0.3) is 0 Å². The molecule has 0 spiro atoms. The average Bonchev–Trinajstić information content (AvgIpc) is 3.06. The van der Waals surface area contributed by atoms with Gasteiger partial charge in [-0.3, -0.25) is 4.39 Å². The van der Waals surface area contributed by atoms with Crippen LogP contribution in [0.5, 0.6) is 0 Å². The van der Waals surface area contributed by atoms with Crippen LogP contribution in [0.2, 0.25) is 5.15 Å². The Bertz CT molecular complexity index is 422. The third-order valence-electron chi connectivity index (χ3n) is 3.47. The van der Waals surface area contributed by atoms with Crippen molar-refractivity contribution >= 4 is 17.4 Å². The molecule has 1 unspecified atom stereocenters. The molecule has 2 aliphatic rings. The minimum atomic E-state index is -0.245. The monoisotopic (exact) mass is 255 g/mol. The zero-order valence-corrected chi connectivity index (χ0v) is 10.3. The number of anilines is 1. The van der Waals surface area contributed by atoms with Gasteiger partial charge in [-0.05, 0) is 19.3 Å². The van der Waals surface area contributed by atoms with Crippen molar-refractivity contribution in [1.82, 2.24) is 9.97 Å². The number of halogens is 2. The number of hydrogen-bond donors (Lipinski definition) is 0. The summed E-state index contributed by atoms with van der Waals surface area (Å²) in [5, 5.41) is 0.501. The number of nitrogens with zero attached hydrogens (tertiary/aromatic N) is 3. The van der Waals surface area contributed by atoms with Crippen LogP contribution in [0.4, 0.5) is 10.2 Å². The topological polar surface area (TPSA) is 29.0 Å². The van der Waals surface area contributed by atoms with Crippen LogP contribution in [0.25, 0.3) is 0 Å². The summed E-state index contributed by atoms with van der Waals surface area (Å²) in [6.07, 6.45) is 3.22. The number of rotatable bonds is 3. The highest BCUT2D eigenvalue weighted by Gasteiger charge is 2.29. The van der Waals surface area contributed by atoms with E-state index in [2.05, 4.69) is 14.9 Å². The Morgan fingerprint density at radius 3 is 2.82 bits per heavy atom. The summed E-state index contributed by atoms with van der Waals surface area (Å²) in [5.74, 6) is 2.36. The van der Waals surface area contributed by atoms with E-state index >= 15 is 0 Å². The van der Waals surface area contributed by atoms with Gasteiger partial charge in [0.2, 0.25) is 0 Å². The molecule has 0 aromatic carbocycles. The number of aromatic nitrogens is 2. The van der Waals surface area contributed by atoms with E-state index in [4.69, 9.17) is 11.6 Å². The standard InChI is InChI=1S/C12H15ClFN3/c13-10-5-11(16-12(15-10)9-1-2-9)17-4-3-8(6-14)7-17/h5,8-9H,1-4,6-7H2. The van der Waals surface area contributed by atoms with Crippen molar-refractivity contribution in [3.8, 4) is 0 Å². The number of alkyl halides is 1. The van der Waals surface area contributed by atoms with Crippen LogP contribution in [-0.4, -0.2) is 29.7 Å². The first-order chi connectivity index (χ1) is 8.26. The molecule has 1 atom stereocenters. The molecule has 5 heteroatoms. The summed E-state index contributed by atoms with van der Waals surface area (Å²) in [6.45, 7) is 1.37. The Balaban J connectivity index is 1.82. The van der Waals surface area contributed by atoms with Gasteiger partial charge in [0.1, 0.15) is 16.8 Å². The summed E-state index contributed by atoms with van der Waals surface area (Å²) < 4.78 is 12.6. The lowest BCUT2D eigenvalue weighted by molar-refractivity contribution is 0.384.